The molecule has 0 aliphatic rings. The Labute approximate surface area is 147 Å². The minimum atomic E-state index is -0.319. The number of ether oxygens (including phenoxy) is 3. The van der Waals surface area contributed by atoms with Crippen molar-refractivity contribution >= 4 is 11.6 Å². The monoisotopic (exact) mass is 342 g/mol. The Hall–Kier alpha value is -3.02. The van der Waals surface area contributed by atoms with E-state index in [1.54, 1.807) is 32.4 Å². The van der Waals surface area contributed by atoms with Crippen LogP contribution in [0.25, 0.3) is 0 Å². The molecule has 0 radical (unpaired) electrons. The predicted octanol–water partition coefficient (Wildman–Crippen LogP) is 3.26. The van der Waals surface area contributed by atoms with Gasteiger partial charge in [-0.1, -0.05) is 6.92 Å². The maximum Gasteiger partial charge on any atom is 0.271 e. The molecule has 1 N–H and O–H groups in total. The molecule has 2 rings (SSSR count). The Morgan fingerprint density at radius 3 is 2.12 bits per heavy atom. The number of nitrogens with one attached hydrogen (secondary N) is 1. The van der Waals surface area contributed by atoms with E-state index >= 15 is 0 Å². The zero-order valence-electron chi connectivity index (χ0n) is 14.8. The third kappa shape index (κ3) is 4.50. The smallest absolute Gasteiger partial charge is 0.271 e. The van der Waals surface area contributed by atoms with Crippen molar-refractivity contribution in [3.63, 3.8) is 0 Å². The molecule has 0 fully saturated rings. The molecule has 0 heterocycles. The largest absolute Gasteiger partial charge is 0.497 e. The summed E-state index contributed by atoms with van der Waals surface area (Å²) in [5.41, 5.74) is 4.73. The fourth-order valence-electron chi connectivity index (χ4n) is 2.29. The SMILES string of the molecule is CCC(=NNC(=O)c1ccc(OC)c(OC)c1)c1ccc(OC)cc1. The molecule has 2 aromatic rings. The summed E-state index contributed by atoms with van der Waals surface area (Å²) < 4.78 is 15.5. The van der Waals surface area contributed by atoms with Crippen LogP contribution in [-0.2, 0) is 0 Å². The van der Waals surface area contributed by atoms with Gasteiger partial charge in [0.25, 0.3) is 5.91 Å². The van der Waals surface area contributed by atoms with E-state index in [9.17, 15) is 4.79 Å². The Bertz CT molecular complexity index is 755. The maximum absolute atomic E-state index is 12.3. The number of carbonyl (C=O) groups is 1. The van der Waals surface area contributed by atoms with Crippen molar-refractivity contribution in [3.8, 4) is 17.2 Å². The number of amides is 1. The van der Waals surface area contributed by atoms with Gasteiger partial charge in [0.1, 0.15) is 5.75 Å². The molecule has 0 saturated heterocycles. The van der Waals surface area contributed by atoms with Gasteiger partial charge in [-0.25, -0.2) is 5.43 Å². The number of hydrazone groups is 1. The standard InChI is InChI=1S/C19H22N2O4/c1-5-16(13-6-9-15(23-2)10-7-13)20-21-19(22)14-8-11-17(24-3)18(12-14)25-4/h6-12H,5H2,1-4H3,(H,21,22). The molecule has 0 spiro atoms. The quantitative estimate of drug-likeness (QED) is 0.619. The Morgan fingerprint density at radius 2 is 1.56 bits per heavy atom. The highest BCUT2D eigenvalue weighted by Gasteiger charge is 2.11. The number of hydrogen-bond donors (Lipinski definition) is 1. The second kappa shape index (κ2) is 8.73. The molecule has 0 unspecified atom stereocenters. The lowest BCUT2D eigenvalue weighted by Gasteiger charge is -2.09. The molecule has 0 aromatic heterocycles. The van der Waals surface area contributed by atoms with E-state index < -0.39 is 0 Å². The Balaban J connectivity index is 2.16. The third-order valence-electron chi connectivity index (χ3n) is 3.70. The van der Waals surface area contributed by atoms with E-state index in [1.165, 1.54) is 7.11 Å². The Morgan fingerprint density at radius 1 is 0.920 bits per heavy atom. The molecule has 0 saturated carbocycles. The predicted molar refractivity (Wildman–Crippen MR) is 96.8 cm³/mol. The highest BCUT2D eigenvalue weighted by molar-refractivity contribution is 6.02. The molecular weight excluding hydrogens is 320 g/mol. The van der Waals surface area contributed by atoms with Gasteiger partial charge >= 0.3 is 0 Å². The van der Waals surface area contributed by atoms with E-state index in [2.05, 4.69) is 10.5 Å². The summed E-state index contributed by atoms with van der Waals surface area (Å²) in [4.78, 5) is 12.3. The number of hydrogen-bond acceptors (Lipinski definition) is 5. The van der Waals surface area contributed by atoms with Crippen LogP contribution in [0.5, 0.6) is 17.2 Å². The van der Waals surface area contributed by atoms with Crippen LogP contribution in [0, 0.1) is 0 Å². The van der Waals surface area contributed by atoms with Gasteiger partial charge in [-0.3, -0.25) is 4.79 Å². The zero-order valence-corrected chi connectivity index (χ0v) is 14.8. The van der Waals surface area contributed by atoms with Crippen LogP contribution >= 0.6 is 0 Å². The zero-order chi connectivity index (χ0) is 18.2. The van der Waals surface area contributed by atoms with E-state index in [0.717, 1.165) is 17.0 Å². The van der Waals surface area contributed by atoms with E-state index in [4.69, 9.17) is 14.2 Å². The summed E-state index contributed by atoms with van der Waals surface area (Å²) in [5.74, 6) is 1.51. The third-order valence-corrected chi connectivity index (χ3v) is 3.70. The summed E-state index contributed by atoms with van der Waals surface area (Å²) in [6, 6.07) is 12.5. The van der Waals surface area contributed by atoms with Gasteiger partial charge < -0.3 is 14.2 Å². The fraction of sp³-hybridized carbons (Fsp3) is 0.263. The van der Waals surface area contributed by atoms with Crippen molar-refractivity contribution < 1.29 is 19.0 Å². The molecule has 6 heteroatoms. The first-order valence-corrected chi connectivity index (χ1v) is 7.86. The molecule has 132 valence electrons. The summed E-state index contributed by atoms with van der Waals surface area (Å²) in [6.07, 6.45) is 0.679. The summed E-state index contributed by atoms with van der Waals surface area (Å²) >= 11 is 0. The van der Waals surface area contributed by atoms with Crippen LogP contribution in [0.1, 0.15) is 29.3 Å². The minimum Gasteiger partial charge on any atom is -0.497 e. The summed E-state index contributed by atoms with van der Waals surface area (Å²) in [6.45, 7) is 1.98. The Kier molecular flexibility index (Phi) is 6.39. The molecule has 0 bridgehead atoms. The molecule has 0 aliphatic heterocycles. The first-order valence-electron chi connectivity index (χ1n) is 7.86. The van der Waals surface area contributed by atoms with Crippen LogP contribution in [0.2, 0.25) is 0 Å². The van der Waals surface area contributed by atoms with E-state index in [1.807, 2.05) is 31.2 Å². The number of nitrogens with zero attached hydrogens (tertiary/aromatic N) is 1. The topological polar surface area (TPSA) is 69.2 Å². The van der Waals surface area contributed by atoms with Crippen LogP contribution < -0.4 is 19.6 Å². The first kappa shape index (κ1) is 18.3. The molecule has 6 nitrogen and oxygen atoms in total. The summed E-state index contributed by atoms with van der Waals surface area (Å²) in [5, 5.41) is 4.25. The summed E-state index contributed by atoms with van der Waals surface area (Å²) in [7, 11) is 4.69. The second-order valence-electron chi connectivity index (χ2n) is 5.15. The molecule has 0 atom stereocenters. The van der Waals surface area contributed by atoms with E-state index in [-0.39, 0.29) is 5.91 Å². The van der Waals surface area contributed by atoms with Crippen LogP contribution in [0.15, 0.2) is 47.6 Å². The number of carbonyl (C=O) groups excluding carboxylic acids is 1. The van der Waals surface area contributed by atoms with Gasteiger partial charge in [0, 0.05) is 5.56 Å². The maximum atomic E-state index is 12.3. The lowest BCUT2D eigenvalue weighted by molar-refractivity contribution is 0.0954. The second-order valence-corrected chi connectivity index (χ2v) is 5.15. The average Bonchev–Trinajstić information content (AvgIpc) is 2.68. The van der Waals surface area contributed by atoms with Crippen LogP contribution in [-0.4, -0.2) is 32.9 Å². The number of methoxy groups -OCH3 is 3. The van der Waals surface area contributed by atoms with E-state index in [0.29, 0.717) is 23.5 Å². The highest BCUT2D eigenvalue weighted by Crippen LogP contribution is 2.27. The number of benzene rings is 2. The van der Waals surface area contributed by atoms with Gasteiger partial charge in [-0.2, -0.15) is 5.10 Å². The van der Waals surface area contributed by atoms with Crippen molar-refractivity contribution in [2.75, 3.05) is 21.3 Å². The first-order chi connectivity index (χ1) is 12.1. The molecule has 1 amide bonds. The van der Waals surface area contributed by atoms with Gasteiger partial charge in [-0.15, -0.1) is 0 Å². The lowest BCUT2D eigenvalue weighted by atomic mass is 10.1. The highest BCUT2D eigenvalue weighted by atomic mass is 16.5. The van der Waals surface area contributed by atoms with Crippen molar-refractivity contribution in [1.82, 2.24) is 5.43 Å². The van der Waals surface area contributed by atoms with Crippen LogP contribution in [0.4, 0.5) is 0 Å². The van der Waals surface area contributed by atoms with Crippen molar-refractivity contribution in [1.29, 1.82) is 0 Å². The molecular formula is C19H22N2O4. The van der Waals surface area contributed by atoms with Crippen molar-refractivity contribution in [2.45, 2.75) is 13.3 Å². The lowest BCUT2D eigenvalue weighted by Crippen LogP contribution is -2.20. The van der Waals surface area contributed by atoms with Gasteiger partial charge in [0.2, 0.25) is 0 Å². The van der Waals surface area contributed by atoms with Crippen LogP contribution in [0.3, 0.4) is 0 Å². The van der Waals surface area contributed by atoms with Gasteiger partial charge in [-0.05, 0) is 54.4 Å². The van der Waals surface area contributed by atoms with Crippen molar-refractivity contribution in [2.24, 2.45) is 5.10 Å². The normalized spacial score (nSPS) is 11.0. The minimum absolute atomic E-state index is 0.319. The average molecular weight is 342 g/mol. The van der Waals surface area contributed by atoms with Gasteiger partial charge in [0.05, 0.1) is 27.0 Å². The molecule has 2 aromatic carbocycles. The number of rotatable bonds is 7. The fourth-order valence-corrected chi connectivity index (χ4v) is 2.29. The van der Waals surface area contributed by atoms with Crippen molar-refractivity contribution in [3.05, 3.63) is 53.6 Å². The van der Waals surface area contributed by atoms with Gasteiger partial charge in [0.15, 0.2) is 11.5 Å². The molecule has 0 aliphatic carbocycles. The molecule has 25 heavy (non-hydrogen) atoms.